The summed E-state index contributed by atoms with van der Waals surface area (Å²) in [6.45, 7) is 6.51. The quantitative estimate of drug-likeness (QED) is 0.361. The third-order valence-corrected chi connectivity index (χ3v) is 5.64. The van der Waals surface area contributed by atoms with Crippen molar-refractivity contribution in [3.8, 4) is 5.88 Å². The first-order valence-electron chi connectivity index (χ1n) is 9.58. The van der Waals surface area contributed by atoms with E-state index in [0.29, 0.717) is 5.88 Å². The van der Waals surface area contributed by atoms with E-state index in [0.717, 1.165) is 47.2 Å². The van der Waals surface area contributed by atoms with Crippen LogP contribution >= 0.6 is 15.9 Å². The van der Waals surface area contributed by atoms with Crippen LogP contribution in [-0.2, 0) is 12.8 Å². The van der Waals surface area contributed by atoms with Crippen LogP contribution in [0.25, 0.3) is 0 Å². The maximum atomic E-state index is 11.7. The van der Waals surface area contributed by atoms with Crippen molar-refractivity contribution in [2.45, 2.75) is 46.1 Å². The zero-order chi connectivity index (χ0) is 20.3. The van der Waals surface area contributed by atoms with Crippen LogP contribution in [0.15, 0.2) is 33.7 Å². The Labute approximate surface area is 175 Å². The molecule has 0 saturated heterocycles. The van der Waals surface area contributed by atoms with Crippen molar-refractivity contribution >= 4 is 33.7 Å². The lowest BCUT2D eigenvalue weighted by Crippen LogP contribution is -2.26. The Kier molecular flexibility index (Phi) is 6.50. The van der Waals surface area contributed by atoms with Crippen molar-refractivity contribution in [3.63, 3.8) is 0 Å². The van der Waals surface area contributed by atoms with Gasteiger partial charge in [0.2, 0.25) is 5.88 Å². The molecule has 0 radical (unpaired) electrons. The van der Waals surface area contributed by atoms with Gasteiger partial charge in [-0.05, 0) is 72.8 Å². The molecule has 0 saturated carbocycles. The summed E-state index contributed by atoms with van der Waals surface area (Å²) < 4.78 is 7.02. The van der Waals surface area contributed by atoms with E-state index >= 15 is 0 Å². The summed E-state index contributed by atoms with van der Waals surface area (Å²) in [5.74, 6) is 0.687. The van der Waals surface area contributed by atoms with Gasteiger partial charge in [-0.1, -0.05) is 12.1 Å². The van der Waals surface area contributed by atoms with Crippen LogP contribution in [0.3, 0.4) is 0 Å². The van der Waals surface area contributed by atoms with Crippen LogP contribution in [0.1, 0.15) is 47.4 Å². The van der Waals surface area contributed by atoms with Gasteiger partial charge in [0.25, 0.3) is 0 Å². The minimum atomic E-state index is 0.0403. The molecule has 6 heteroatoms. The fourth-order valence-corrected chi connectivity index (χ4v) is 3.61. The summed E-state index contributed by atoms with van der Waals surface area (Å²) in [4.78, 5) is 22.8. The highest BCUT2D eigenvalue weighted by Crippen LogP contribution is 2.32. The van der Waals surface area contributed by atoms with Gasteiger partial charge in [-0.15, -0.1) is 0 Å². The van der Waals surface area contributed by atoms with Gasteiger partial charge in [0.05, 0.1) is 22.2 Å². The van der Waals surface area contributed by atoms with Crippen LogP contribution < -0.4 is 4.74 Å². The summed E-state index contributed by atoms with van der Waals surface area (Å²) in [6, 6.07) is 7.94. The minimum Gasteiger partial charge on any atom is -0.473 e. The van der Waals surface area contributed by atoms with Crippen LogP contribution in [0.4, 0.5) is 5.69 Å². The lowest BCUT2D eigenvalue weighted by molar-refractivity contribution is 0.101. The number of carbonyl (C=O) groups excluding carboxylic acids is 1. The van der Waals surface area contributed by atoms with Gasteiger partial charge < -0.3 is 9.64 Å². The van der Waals surface area contributed by atoms with Gasteiger partial charge in [0.15, 0.2) is 5.78 Å². The number of hydrogen-bond acceptors (Lipinski definition) is 4. The first-order valence-corrected chi connectivity index (χ1v) is 10.4. The standard InChI is InChI=1S/C22H26BrN3O2/c1-5-26(4)13-24-21-12-20(23)22(25-14(21)2)28-19-9-8-16-6-7-17(15(3)27)10-18(16)11-19/h6-7,10,12-13,19H,5,8-9,11H2,1-4H3. The Morgan fingerprint density at radius 3 is 2.89 bits per heavy atom. The number of hydrogen-bond donors (Lipinski definition) is 0. The Morgan fingerprint density at radius 2 is 2.18 bits per heavy atom. The molecule has 0 fully saturated rings. The number of Topliss-reactive ketones (excluding diaryl/α,β-unsaturated/α-hetero) is 1. The zero-order valence-electron chi connectivity index (χ0n) is 16.8. The molecular formula is C22H26BrN3O2. The van der Waals surface area contributed by atoms with E-state index in [4.69, 9.17) is 4.74 Å². The number of aliphatic imine (C=N–C) groups is 1. The smallest absolute Gasteiger partial charge is 0.228 e. The fraction of sp³-hybridized carbons (Fsp3) is 0.409. The van der Waals surface area contributed by atoms with Crippen LogP contribution in [0, 0.1) is 6.92 Å². The predicted octanol–water partition coefficient (Wildman–Crippen LogP) is 4.90. The van der Waals surface area contributed by atoms with E-state index in [9.17, 15) is 4.79 Å². The summed E-state index contributed by atoms with van der Waals surface area (Å²) in [5, 5.41) is 0. The third kappa shape index (κ3) is 4.79. The molecule has 1 aliphatic rings. The third-order valence-electron chi connectivity index (χ3n) is 5.07. The number of fused-ring (bicyclic) bond motifs is 1. The van der Waals surface area contributed by atoms with Crippen LogP contribution in [0.5, 0.6) is 5.88 Å². The highest BCUT2D eigenvalue weighted by Gasteiger charge is 2.22. The molecule has 0 N–H and O–H groups in total. The molecular weight excluding hydrogens is 418 g/mol. The number of halogens is 1. The van der Waals surface area contributed by atoms with E-state index in [1.54, 1.807) is 6.92 Å². The number of aryl methyl sites for hydroxylation is 2. The number of ether oxygens (including phenoxy) is 1. The summed E-state index contributed by atoms with van der Waals surface area (Å²) in [7, 11) is 1.98. The van der Waals surface area contributed by atoms with Crippen LogP contribution in [0.2, 0.25) is 0 Å². The van der Waals surface area contributed by atoms with E-state index < -0.39 is 0 Å². The molecule has 1 heterocycles. The lowest BCUT2D eigenvalue weighted by atomic mass is 9.88. The van der Waals surface area contributed by atoms with Crippen molar-refractivity contribution in [3.05, 3.63) is 51.1 Å². The monoisotopic (exact) mass is 443 g/mol. The molecule has 2 aromatic rings. The predicted molar refractivity (Wildman–Crippen MR) is 116 cm³/mol. The van der Waals surface area contributed by atoms with Gasteiger partial charge in [0, 0.05) is 25.6 Å². The first kappa shape index (κ1) is 20.5. The maximum absolute atomic E-state index is 11.7. The fourth-order valence-electron chi connectivity index (χ4n) is 3.21. The molecule has 1 aliphatic carbocycles. The molecule has 3 rings (SSSR count). The molecule has 0 spiro atoms. The van der Waals surface area contributed by atoms with Crippen molar-refractivity contribution in [2.24, 2.45) is 4.99 Å². The molecule has 1 aromatic carbocycles. The molecule has 0 amide bonds. The second kappa shape index (κ2) is 8.86. The summed E-state index contributed by atoms with van der Waals surface area (Å²) in [5.41, 5.74) is 4.90. The van der Waals surface area contributed by atoms with E-state index in [-0.39, 0.29) is 11.9 Å². The largest absolute Gasteiger partial charge is 0.473 e. The number of rotatable bonds is 6. The van der Waals surface area contributed by atoms with E-state index in [1.165, 1.54) is 11.1 Å². The van der Waals surface area contributed by atoms with Crippen molar-refractivity contribution in [1.29, 1.82) is 0 Å². The summed E-state index contributed by atoms with van der Waals surface area (Å²) >= 11 is 3.57. The minimum absolute atomic E-state index is 0.0403. The number of ketones is 1. The Bertz CT molecular complexity index is 911. The van der Waals surface area contributed by atoms with Gasteiger partial charge in [-0.3, -0.25) is 4.79 Å². The highest BCUT2D eigenvalue weighted by atomic mass is 79.9. The van der Waals surface area contributed by atoms with Crippen molar-refractivity contribution in [1.82, 2.24) is 9.88 Å². The van der Waals surface area contributed by atoms with Gasteiger partial charge in [-0.25, -0.2) is 9.98 Å². The highest BCUT2D eigenvalue weighted by molar-refractivity contribution is 9.10. The number of pyridine rings is 1. The Balaban J connectivity index is 1.75. The van der Waals surface area contributed by atoms with Gasteiger partial charge in [0.1, 0.15) is 6.10 Å². The number of benzene rings is 1. The molecule has 1 unspecified atom stereocenters. The van der Waals surface area contributed by atoms with E-state index in [1.807, 2.05) is 43.4 Å². The number of carbonyl (C=O) groups is 1. The molecule has 0 aliphatic heterocycles. The normalized spacial score (nSPS) is 16.1. The topological polar surface area (TPSA) is 54.8 Å². The maximum Gasteiger partial charge on any atom is 0.228 e. The lowest BCUT2D eigenvalue weighted by Gasteiger charge is -2.26. The molecule has 1 atom stereocenters. The average Bonchev–Trinajstić information content (AvgIpc) is 2.68. The molecule has 28 heavy (non-hydrogen) atoms. The number of nitrogens with zero attached hydrogens (tertiary/aromatic N) is 3. The first-order chi connectivity index (χ1) is 13.4. The second-order valence-electron chi connectivity index (χ2n) is 7.22. The Hall–Kier alpha value is -2.21. The molecule has 1 aromatic heterocycles. The van der Waals surface area contributed by atoms with Gasteiger partial charge >= 0.3 is 0 Å². The number of aromatic nitrogens is 1. The molecule has 148 valence electrons. The average molecular weight is 444 g/mol. The SMILES string of the molecule is CCN(C)C=Nc1cc(Br)c(OC2CCc3ccc(C(C)=O)cc3C2)nc1C. The second-order valence-corrected chi connectivity index (χ2v) is 8.07. The molecule has 5 nitrogen and oxygen atoms in total. The summed E-state index contributed by atoms with van der Waals surface area (Å²) in [6.07, 6.45) is 4.51. The van der Waals surface area contributed by atoms with Crippen LogP contribution in [-0.4, -0.2) is 41.7 Å². The Morgan fingerprint density at radius 1 is 1.39 bits per heavy atom. The molecule has 0 bridgehead atoms. The van der Waals surface area contributed by atoms with Gasteiger partial charge in [-0.2, -0.15) is 0 Å². The zero-order valence-corrected chi connectivity index (χ0v) is 18.4. The van der Waals surface area contributed by atoms with E-state index in [2.05, 4.69) is 38.9 Å². The van der Waals surface area contributed by atoms with Crippen molar-refractivity contribution in [2.75, 3.05) is 13.6 Å². The van der Waals surface area contributed by atoms with Crippen molar-refractivity contribution < 1.29 is 9.53 Å².